The highest BCUT2D eigenvalue weighted by Crippen LogP contribution is 2.05. The van der Waals surface area contributed by atoms with E-state index in [1.165, 1.54) is 6.33 Å². The average molecular weight is 132 g/mol. The minimum absolute atomic E-state index is 0.395. The maximum absolute atomic E-state index is 5.42. The van der Waals surface area contributed by atoms with Gasteiger partial charge in [0.1, 0.15) is 5.82 Å². The summed E-state index contributed by atoms with van der Waals surface area (Å²) in [5, 5.41) is 0. The summed E-state index contributed by atoms with van der Waals surface area (Å²) in [5.41, 5.74) is 6.11. The molecule has 1 rings (SSSR count). The Morgan fingerprint density at radius 1 is 1.88 bits per heavy atom. The molecule has 1 aromatic heterocycles. The third kappa shape index (κ3) is 0.767. The molecule has 4 heteroatoms. The number of nitrogens with two attached hydrogens (primary N) is 1. The van der Waals surface area contributed by atoms with Crippen LogP contribution in [0.25, 0.3) is 0 Å². The Morgan fingerprint density at radius 3 is 2.88 bits per heavy atom. The van der Waals surface area contributed by atoms with Crippen molar-refractivity contribution in [2.24, 2.45) is 0 Å². The number of halogens is 1. The minimum atomic E-state index is 0.395. The smallest absolute Gasteiger partial charge is 0.145 e. The van der Waals surface area contributed by atoms with E-state index in [1.807, 2.05) is 0 Å². The summed E-state index contributed by atoms with van der Waals surface area (Å²) in [6, 6.07) is 0. The van der Waals surface area contributed by atoms with E-state index < -0.39 is 0 Å². The van der Waals surface area contributed by atoms with E-state index in [2.05, 4.69) is 9.97 Å². The van der Waals surface area contributed by atoms with E-state index in [0.29, 0.717) is 11.7 Å². The topological polar surface area (TPSA) is 54.7 Å². The Hall–Kier alpha value is -0.700. The Bertz CT molecular complexity index is 172. The number of aromatic amines is 1. The van der Waals surface area contributed by atoms with Gasteiger partial charge in [0.05, 0.1) is 17.9 Å². The zero-order chi connectivity index (χ0) is 5.98. The lowest BCUT2D eigenvalue weighted by Gasteiger charge is -1.85. The first-order valence-electron chi connectivity index (χ1n) is 2.18. The Labute approximate surface area is 51.9 Å². The highest BCUT2D eigenvalue weighted by atomic mass is 35.5. The Morgan fingerprint density at radius 2 is 2.62 bits per heavy atom. The van der Waals surface area contributed by atoms with Crippen molar-refractivity contribution in [2.75, 3.05) is 5.73 Å². The van der Waals surface area contributed by atoms with Gasteiger partial charge in [-0.05, 0) is 0 Å². The maximum Gasteiger partial charge on any atom is 0.145 e. The lowest BCUT2D eigenvalue weighted by molar-refractivity contribution is 1.22. The van der Waals surface area contributed by atoms with Gasteiger partial charge in [-0.25, -0.2) is 4.98 Å². The van der Waals surface area contributed by atoms with Gasteiger partial charge in [-0.2, -0.15) is 0 Å². The van der Waals surface area contributed by atoms with E-state index in [0.717, 1.165) is 5.69 Å². The Balaban J connectivity index is 2.92. The van der Waals surface area contributed by atoms with E-state index >= 15 is 0 Å². The molecule has 0 atom stereocenters. The van der Waals surface area contributed by atoms with E-state index in [9.17, 15) is 0 Å². The highest BCUT2D eigenvalue weighted by molar-refractivity contribution is 6.17. The van der Waals surface area contributed by atoms with Gasteiger partial charge in [-0.3, -0.25) is 0 Å². The first-order valence-corrected chi connectivity index (χ1v) is 2.71. The Kier molecular flexibility index (Phi) is 1.39. The van der Waals surface area contributed by atoms with Gasteiger partial charge in [0.25, 0.3) is 0 Å². The van der Waals surface area contributed by atoms with Crippen LogP contribution in [0.4, 0.5) is 5.82 Å². The van der Waals surface area contributed by atoms with Crippen molar-refractivity contribution in [1.29, 1.82) is 0 Å². The van der Waals surface area contributed by atoms with Crippen LogP contribution < -0.4 is 5.73 Å². The standard InChI is InChI=1S/C4H6ClN3/c5-1-3-4(6)8-2-7-3/h2H,1,6H2,(H,7,8). The number of nitrogen functional groups attached to an aromatic ring is 1. The van der Waals surface area contributed by atoms with Crippen molar-refractivity contribution in [3.8, 4) is 0 Å². The van der Waals surface area contributed by atoms with Gasteiger partial charge in [0.15, 0.2) is 0 Å². The van der Waals surface area contributed by atoms with Crippen LogP contribution in [0.3, 0.4) is 0 Å². The largest absolute Gasteiger partial charge is 0.382 e. The molecular formula is C4H6ClN3. The molecule has 0 saturated carbocycles. The molecule has 0 aliphatic carbocycles. The summed E-state index contributed by atoms with van der Waals surface area (Å²) in [6.07, 6.45) is 1.52. The number of nitrogens with one attached hydrogen (secondary N) is 1. The van der Waals surface area contributed by atoms with E-state index in [4.69, 9.17) is 17.3 Å². The van der Waals surface area contributed by atoms with Crippen LogP contribution in [0.5, 0.6) is 0 Å². The first-order chi connectivity index (χ1) is 3.84. The average Bonchev–Trinajstić information content (AvgIpc) is 2.14. The number of hydrogen-bond acceptors (Lipinski definition) is 2. The summed E-state index contributed by atoms with van der Waals surface area (Å²) in [7, 11) is 0. The number of H-pyrrole nitrogens is 1. The van der Waals surface area contributed by atoms with Gasteiger partial charge in [0.2, 0.25) is 0 Å². The molecule has 0 amide bonds. The molecule has 0 aliphatic rings. The van der Waals surface area contributed by atoms with Gasteiger partial charge in [0, 0.05) is 0 Å². The van der Waals surface area contributed by atoms with E-state index in [-0.39, 0.29) is 0 Å². The fraction of sp³-hybridized carbons (Fsp3) is 0.250. The fourth-order valence-electron chi connectivity index (χ4n) is 0.439. The lowest BCUT2D eigenvalue weighted by atomic mass is 10.5. The predicted molar refractivity (Wildman–Crippen MR) is 32.6 cm³/mol. The SMILES string of the molecule is Nc1nc[nH]c1CCl. The molecule has 8 heavy (non-hydrogen) atoms. The first kappa shape index (κ1) is 5.44. The normalized spacial score (nSPS) is 9.62. The van der Waals surface area contributed by atoms with Gasteiger partial charge >= 0.3 is 0 Å². The third-order valence-electron chi connectivity index (χ3n) is 0.885. The molecule has 0 unspecified atom stereocenters. The minimum Gasteiger partial charge on any atom is -0.382 e. The zero-order valence-electron chi connectivity index (χ0n) is 4.19. The molecule has 3 N–H and O–H groups in total. The number of anilines is 1. The van der Waals surface area contributed by atoms with Crippen LogP contribution in [0.1, 0.15) is 5.69 Å². The second-order valence-corrected chi connectivity index (χ2v) is 1.67. The molecule has 0 spiro atoms. The highest BCUT2D eigenvalue weighted by Gasteiger charge is 1.95. The molecule has 0 saturated heterocycles. The van der Waals surface area contributed by atoms with Gasteiger partial charge in [-0.15, -0.1) is 11.6 Å². The van der Waals surface area contributed by atoms with Gasteiger partial charge < -0.3 is 10.7 Å². The molecule has 0 aromatic carbocycles. The van der Waals surface area contributed by atoms with E-state index in [1.54, 1.807) is 0 Å². The molecule has 0 radical (unpaired) electrons. The molecule has 1 heterocycles. The van der Waals surface area contributed by atoms with Gasteiger partial charge in [-0.1, -0.05) is 0 Å². The summed E-state index contributed by atoms with van der Waals surface area (Å²) < 4.78 is 0. The van der Waals surface area contributed by atoms with Crippen LogP contribution >= 0.6 is 11.6 Å². The van der Waals surface area contributed by atoms with Crippen LogP contribution in [-0.2, 0) is 5.88 Å². The third-order valence-corrected chi connectivity index (χ3v) is 1.15. The molecule has 0 aliphatic heterocycles. The van der Waals surface area contributed by atoms with Crippen molar-refractivity contribution in [1.82, 2.24) is 9.97 Å². The van der Waals surface area contributed by atoms with Crippen LogP contribution in [0.2, 0.25) is 0 Å². The van der Waals surface area contributed by atoms with Crippen molar-refractivity contribution < 1.29 is 0 Å². The fourth-order valence-corrected chi connectivity index (χ4v) is 0.653. The van der Waals surface area contributed by atoms with Crippen LogP contribution in [0, 0.1) is 0 Å². The molecule has 3 nitrogen and oxygen atoms in total. The summed E-state index contributed by atoms with van der Waals surface area (Å²) >= 11 is 5.42. The van der Waals surface area contributed by atoms with Crippen LogP contribution in [-0.4, -0.2) is 9.97 Å². The number of rotatable bonds is 1. The number of aromatic nitrogens is 2. The molecule has 0 bridgehead atoms. The number of alkyl halides is 1. The summed E-state index contributed by atoms with van der Waals surface area (Å²) in [4.78, 5) is 6.51. The lowest BCUT2D eigenvalue weighted by Crippen LogP contribution is -1.88. The molecular weight excluding hydrogens is 126 g/mol. The van der Waals surface area contributed by atoms with Crippen molar-refractivity contribution in [3.63, 3.8) is 0 Å². The van der Waals surface area contributed by atoms with Crippen molar-refractivity contribution >= 4 is 17.4 Å². The zero-order valence-corrected chi connectivity index (χ0v) is 4.94. The molecule has 0 fully saturated rings. The quantitative estimate of drug-likeness (QED) is 0.552. The number of hydrogen-bond donors (Lipinski definition) is 2. The number of nitrogens with zero attached hydrogens (tertiary/aromatic N) is 1. The van der Waals surface area contributed by atoms with Crippen molar-refractivity contribution in [2.45, 2.75) is 5.88 Å². The summed E-state index contributed by atoms with van der Waals surface area (Å²) in [5.74, 6) is 0.881. The predicted octanol–water partition coefficient (Wildman–Crippen LogP) is 0.731. The molecule has 1 aromatic rings. The monoisotopic (exact) mass is 131 g/mol. The number of imidazole rings is 1. The second-order valence-electron chi connectivity index (χ2n) is 1.40. The van der Waals surface area contributed by atoms with Crippen molar-refractivity contribution in [3.05, 3.63) is 12.0 Å². The second kappa shape index (κ2) is 2.05. The summed E-state index contributed by atoms with van der Waals surface area (Å²) in [6.45, 7) is 0. The van der Waals surface area contributed by atoms with Crippen LogP contribution in [0.15, 0.2) is 6.33 Å². The molecule has 44 valence electrons. The maximum atomic E-state index is 5.42.